The minimum Gasteiger partial charge on any atom is -0.267 e. The van der Waals surface area contributed by atoms with Crippen LogP contribution < -0.4 is 5.56 Å². The molecule has 0 spiro atoms. The molecule has 2 rings (SSSR count). The fourth-order valence-electron chi connectivity index (χ4n) is 1.87. The van der Waals surface area contributed by atoms with Gasteiger partial charge in [-0.3, -0.25) is 8.75 Å². The Morgan fingerprint density at radius 2 is 2.08 bits per heavy atom. The van der Waals surface area contributed by atoms with Crippen LogP contribution in [0.2, 0.25) is 5.02 Å². The molecule has 1 aromatic heterocycles. The van der Waals surface area contributed by atoms with Gasteiger partial charge < -0.3 is 0 Å². The van der Waals surface area contributed by atoms with E-state index < -0.39 is 0 Å². The predicted octanol–water partition coefficient (Wildman–Crippen LogP) is 3.07. The summed E-state index contributed by atoms with van der Waals surface area (Å²) in [6.45, 7) is 0. The molecule has 1 fully saturated rings. The van der Waals surface area contributed by atoms with E-state index in [1.807, 2.05) is 3.96 Å². The van der Waals surface area contributed by atoms with Crippen LogP contribution >= 0.6 is 23.1 Å². The van der Waals surface area contributed by atoms with Gasteiger partial charge in [-0.05, 0) is 12.8 Å². The van der Waals surface area contributed by atoms with Crippen LogP contribution in [0.4, 0.5) is 0 Å². The van der Waals surface area contributed by atoms with Crippen molar-refractivity contribution in [2.45, 2.75) is 38.1 Å². The second-order valence-corrected chi connectivity index (χ2v) is 4.74. The maximum atomic E-state index is 11.5. The summed E-state index contributed by atoms with van der Waals surface area (Å²) in [5, 5.41) is 2.11. The van der Waals surface area contributed by atoms with Crippen molar-refractivity contribution in [1.82, 2.24) is 3.96 Å². The fraction of sp³-hybridized carbons (Fsp3) is 0.667. The quantitative estimate of drug-likeness (QED) is 0.709. The van der Waals surface area contributed by atoms with Gasteiger partial charge in [-0.2, -0.15) is 0 Å². The number of aromatic nitrogens is 1. The van der Waals surface area contributed by atoms with Crippen LogP contribution in [-0.2, 0) is 0 Å². The molecule has 1 heterocycles. The zero-order chi connectivity index (χ0) is 9.26. The summed E-state index contributed by atoms with van der Waals surface area (Å²) in [7, 11) is 0. The fourth-order valence-corrected chi connectivity index (χ4v) is 3.02. The first-order valence-corrected chi connectivity index (χ1v) is 5.86. The van der Waals surface area contributed by atoms with Crippen molar-refractivity contribution in [2.75, 3.05) is 0 Å². The topological polar surface area (TPSA) is 22.0 Å². The van der Waals surface area contributed by atoms with Crippen LogP contribution in [0.5, 0.6) is 0 Å². The zero-order valence-corrected chi connectivity index (χ0v) is 8.90. The van der Waals surface area contributed by atoms with Gasteiger partial charge in [0.05, 0.1) is 0 Å². The molecule has 1 aliphatic carbocycles. The smallest absolute Gasteiger partial charge is 0.267 e. The number of halogens is 1. The van der Waals surface area contributed by atoms with Crippen molar-refractivity contribution in [3.63, 3.8) is 0 Å². The Morgan fingerprint density at radius 3 is 2.62 bits per heavy atom. The van der Waals surface area contributed by atoms with Crippen LogP contribution in [0.15, 0.2) is 10.2 Å². The highest BCUT2D eigenvalue weighted by Gasteiger charge is 2.18. The highest BCUT2D eigenvalue weighted by Crippen LogP contribution is 2.28. The van der Waals surface area contributed by atoms with E-state index in [0.29, 0.717) is 11.1 Å². The van der Waals surface area contributed by atoms with E-state index in [2.05, 4.69) is 0 Å². The molecule has 0 bridgehead atoms. The Morgan fingerprint density at radius 1 is 1.38 bits per heavy atom. The standard InChI is InChI=1S/C9H12ClNOS/c10-8-6-13-11(9(8)12)7-4-2-1-3-5-7/h6-7H,1-5H2. The third kappa shape index (κ3) is 1.81. The van der Waals surface area contributed by atoms with E-state index in [4.69, 9.17) is 11.6 Å². The van der Waals surface area contributed by atoms with Crippen LogP contribution in [0.25, 0.3) is 0 Å². The van der Waals surface area contributed by atoms with Gasteiger partial charge in [0, 0.05) is 11.4 Å². The summed E-state index contributed by atoms with van der Waals surface area (Å²) in [6, 6.07) is 0.416. The lowest BCUT2D eigenvalue weighted by Gasteiger charge is -2.21. The van der Waals surface area contributed by atoms with Crippen molar-refractivity contribution in [1.29, 1.82) is 0 Å². The summed E-state index contributed by atoms with van der Waals surface area (Å²) >= 11 is 7.18. The van der Waals surface area contributed by atoms with Crippen molar-refractivity contribution >= 4 is 23.1 Å². The highest BCUT2D eigenvalue weighted by molar-refractivity contribution is 7.04. The van der Waals surface area contributed by atoms with Gasteiger partial charge in [0.15, 0.2) is 0 Å². The van der Waals surface area contributed by atoms with Gasteiger partial charge >= 0.3 is 0 Å². The molecule has 2 nitrogen and oxygen atoms in total. The molecule has 0 N–H and O–H groups in total. The van der Waals surface area contributed by atoms with Gasteiger partial charge in [0.2, 0.25) is 0 Å². The molecule has 1 aromatic rings. The lowest BCUT2D eigenvalue weighted by Crippen LogP contribution is -2.21. The first kappa shape index (κ1) is 9.28. The van der Waals surface area contributed by atoms with Gasteiger partial charge in [-0.1, -0.05) is 42.4 Å². The van der Waals surface area contributed by atoms with E-state index >= 15 is 0 Å². The van der Waals surface area contributed by atoms with Crippen LogP contribution in [0, 0.1) is 0 Å². The second kappa shape index (κ2) is 3.84. The monoisotopic (exact) mass is 217 g/mol. The highest BCUT2D eigenvalue weighted by atomic mass is 35.5. The number of nitrogens with zero attached hydrogens (tertiary/aromatic N) is 1. The van der Waals surface area contributed by atoms with Gasteiger partial charge in [-0.15, -0.1) is 0 Å². The second-order valence-electron chi connectivity index (χ2n) is 3.49. The van der Waals surface area contributed by atoms with Crippen LogP contribution in [0.1, 0.15) is 38.1 Å². The molecule has 0 aliphatic heterocycles. The summed E-state index contributed by atoms with van der Waals surface area (Å²) in [6.07, 6.45) is 6.07. The SMILES string of the molecule is O=c1c(Cl)csn1C1CCCCC1. The molecule has 13 heavy (non-hydrogen) atoms. The molecular weight excluding hydrogens is 206 g/mol. The molecular formula is C9H12ClNOS. The molecule has 1 saturated carbocycles. The third-order valence-corrected chi connectivity index (χ3v) is 4.01. The molecule has 0 unspecified atom stereocenters. The molecule has 72 valence electrons. The first-order valence-electron chi connectivity index (χ1n) is 4.65. The number of rotatable bonds is 1. The maximum absolute atomic E-state index is 11.5. The zero-order valence-electron chi connectivity index (χ0n) is 7.33. The van der Waals surface area contributed by atoms with E-state index in [1.165, 1.54) is 30.8 Å². The summed E-state index contributed by atoms with van der Waals surface area (Å²) in [5.41, 5.74) is -0.00133. The number of hydrogen-bond donors (Lipinski definition) is 0. The third-order valence-electron chi connectivity index (χ3n) is 2.58. The molecule has 4 heteroatoms. The molecule has 0 radical (unpaired) electrons. The van der Waals surface area contributed by atoms with Crippen molar-refractivity contribution < 1.29 is 0 Å². The normalized spacial score (nSPS) is 19.2. The lowest BCUT2D eigenvalue weighted by atomic mass is 9.96. The van der Waals surface area contributed by atoms with Crippen LogP contribution in [0.3, 0.4) is 0 Å². The molecule has 0 atom stereocenters. The number of hydrogen-bond acceptors (Lipinski definition) is 2. The average Bonchev–Trinajstić information content (AvgIpc) is 2.49. The molecule has 0 amide bonds. The minimum absolute atomic E-state index is 0.00133. The molecule has 1 aliphatic rings. The maximum Gasteiger partial charge on any atom is 0.279 e. The molecule has 0 aromatic carbocycles. The van der Waals surface area contributed by atoms with E-state index in [1.54, 1.807) is 5.38 Å². The largest absolute Gasteiger partial charge is 0.279 e. The predicted molar refractivity (Wildman–Crippen MR) is 55.7 cm³/mol. The summed E-state index contributed by atoms with van der Waals surface area (Å²) < 4.78 is 1.83. The van der Waals surface area contributed by atoms with Crippen molar-refractivity contribution in [2.24, 2.45) is 0 Å². The van der Waals surface area contributed by atoms with Gasteiger partial charge in [0.1, 0.15) is 5.02 Å². The Balaban J connectivity index is 2.24. The Bertz CT molecular complexity index is 338. The summed E-state index contributed by atoms with van der Waals surface area (Å²) in [4.78, 5) is 11.5. The lowest BCUT2D eigenvalue weighted by molar-refractivity contribution is 0.365. The average molecular weight is 218 g/mol. The minimum atomic E-state index is -0.00133. The Hall–Kier alpha value is -0.280. The van der Waals surface area contributed by atoms with Crippen molar-refractivity contribution in [3.05, 3.63) is 20.8 Å². The van der Waals surface area contributed by atoms with Gasteiger partial charge in [0.25, 0.3) is 5.56 Å². The Kier molecular flexibility index (Phi) is 2.74. The van der Waals surface area contributed by atoms with Gasteiger partial charge in [-0.25, -0.2) is 0 Å². The van der Waals surface area contributed by atoms with Crippen LogP contribution in [-0.4, -0.2) is 3.96 Å². The van der Waals surface area contributed by atoms with E-state index in [9.17, 15) is 4.79 Å². The summed E-state index contributed by atoms with van der Waals surface area (Å²) in [5.74, 6) is 0. The molecule has 0 saturated heterocycles. The van der Waals surface area contributed by atoms with E-state index in [-0.39, 0.29) is 5.56 Å². The Labute approximate surface area is 86.3 Å². The van der Waals surface area contributed by atoms with E-state index in [0.717, 1.165) is 12.8 Å². The first-order chi connectivity index (χ1) is 6.29. The van der Waals surface area contributed by atoms with Crippen molar-refractivity contribution in [3.8, 4) is 0 Å².